The zero-order valence-electron chi connectivity index (χ0n) is 15.1. The number of fused-ring (bicyclic) bond motifs is 1. The molecule has 0 bridgehead atoms. The molecule has 1 aliphatic rings. The standard InChI is InChI=1S/C16H22N4O4S2/c1-16(2,3)24-15(21)20-8-7-12-11(10-20)14(19(4)17-12)18-26(22,23)13-6-5-9-25-13/h5-6,9,18H,7-8,10H2,1-4H3. The average Bonchev–Trinajstić information content (AvgIpc) is 3.15. The van der Waals surface area contributed by atoms with Gasteiger partial charge in [0, 0.05) is 25.6 Å². The van der Waals surface area contributed by atoms with Crippen molar-refractivity contribution in [2.24, 2.45) is 7.05 Å². The van der Waals surface area contributed by atoms with Gasteiger partial charge in [0.05, 0.1) is 12.2 Å². The largest absolute Gasteiger partial charge is 0.444 e. The first kappa shape index (κ1) is 18.7. The Balaban J connectivity index is 1.85. The minimum atomic E-state index is -3.69. The summed E-state index contributed by atoms with van der Waals surface area (Å²) >= 11 is 1.14. The number of ether oxygens (including phenoxy) is 1. The molecule has 1 amide bonds. The fourth-order valence-corrected chi connectivity index (χ4v) is 4.82. The van der Waals surface area contributed by atoms with Crippen LogP contribution in [-0.4, -0.2) is 41.3 Å². The summed E-state index contributed by atoms with van der Waals surface area (Å²) in [4.78, 5) is 13.9. The van der Waals surface area contributed by atoms with E-state index in [4.69, 9.17) is 4.74 Å². The second-order valence-corrected chi connectivity index (χ2v) is 9.94. The fourth-order valence-electron chi connectivity index (χ4n) is 2.71. The lowest BCUT2D eigenvalue weighted by Crippen LogP contribution is -2.40. The Bertz CT molecular complexity index is 911. The van der Waals surface area contributed by atoms with Crippen molar-refractivity contribution in [3.8, 4) is 0 Å². The van der Waals surface area contributed by atoms with Crippen molar-refractivity contribution in [3.05, 3.63) is 28.8 Å². The molecule has 0 radical (unpaired) electrons. The molecule has 0 spiro atoms. The smallest absolute Gasteiger partial charge is 0.410 e. The lowest BCUT2D eigenvalue weighted by molar-refractivity contribution is 0.0224. The third-order valence-corrected chi connectivity index (χ3v) is 6.58. The van der Waals surface area contributed by atoms with Gasteiger partial charge in [0.2, 0.25) is 0 Å². The van der Waals surface area contributed by atoms with Crippen LogP contribution in [0, 0.1) is 0 Å². The van der Waals surface area contributed by atoms with Crippen LogP contribution >= 0.6 is 11.3 Å². The average molecular weight is 399 g/mol. The van der Waals surface area contributed by atoms with Gasteiger partial charge in [-0.25, -0.2) is 13.2 Å². The van der Waals surface area contributed by atoms with Crippen LogP contribution in [0.25, 0.3) is 0 Å². The highest BCUT2D eigenvalue weighted by molar-refractivity contribution is 7.94. The molecule has 1 aliphatic heterocycles. The van der Waals surface area contributed by atoms with E-state index in [0.717, 1.165) is 17.0 Å². The van der Waals surface area contributed by atoms with Gasteiger partial charge in [0.15, 0.2) is 0 Å². The molecule has 0 atom stereocenters. The molecule has 0 saturated carbocycles. The molecule has 142 valence electrons. The number of aryl methyl sites for hydroxylation is 1. The topological polar surface area (TPSA) is 93.5 Å². The van der Waals surface area contributed by atoms with Gasteiger partial charge in [-0.05, 0) is 32.2 Å². The number of thiophene rings is 1. The second-order valence-electron chi connectivity index (χ2n) is 7.09. The molecular formula is C16H22N4O4S2. The minimum absolute atomic E-state index is 0.229. The van der Waals surface area contributed by atoms with E-state index in [-0.39, 0.29) is 10.8 Å². The zero-order valence-corrected chi connectivity index (χ0v) is 16.8. The quantitative estimate of drug-likeness (QED) is 0.858. The lowest BCUT2D eigenvalue weighted by atomic mass is 10.1. The van der Waals surface area contributed by atoms with Gasteiger partial charge in [0.25, 0.3) is 10.0 Å². The predicted molar refractivity (Wildman–Crippen MR) is 98.7 cm³/mol. The molecule has 0 aliphatic carbocycles. The van der Waals surface area contributed by atoms with Gasteiger partial charge >= 0.3 is 6.09 Å². The number of amides is 1. The maximum Gasteiger partial charge on any atom is 0.410 e. The van der Waals surface area contributed by atoms with Gasteiger partial charge in [-0.3, -0.25) is 9.40 Å². The molecule has 10 heteroatoms. The van der Waals surface area contributed by atoms with E-state index in [1.165, 1.54) is 4.68 Å². The van der Waals surface area contributed by atoms with Crippen molar-refractivity contribution in [1.29, 1.82) is 0 Å². The minimum Gasteiger partial charge on any atom is -0.444 e. The van der Waals surface area contributed by atoms with Crippen LogP contribution < -0.4 is 4.72 Å². The summed E-state index contributed by atoms with van der Waals surface area (Å²) in [6, 6.07) is 3.23. The van der Waals surface area contributed by atoms with Crippen molar-refractivity contribution in [2.45, 2.75) is 43.5 Å². The summed E-state index contributed by atoms with van der Waals surface area (Å²) < 4.78 is 34.9. The van der Waals surface area contributed by atoms with Crippen molar-refractivity contribution in [1.82, 2.24) is 14.7 Å². The number of aromatic nitrogens is 2. The van der Waals surface area contributed by atoms with Gasteiger partial charge in [0.1, 0.15) is 15.6 Å². The Kier molecular flexibility index (Phi) is 4.74. The van der Waals surface area contributed by atoms with E-state index in [1.807, 2.05) is 20.8 Å². The monoisotopic (exact) mass is 398 g/mol. The molecule has 0 fully saturated rings. The Hall–Kier alpha value is -2.07. The fraction of sp³-hybridized carbons (Fsp3) is 0.500. The molecule has 0 aromatic carbocycles. The maximum absolute atomic E-state index is 12.6. The summed E-state index contributed by atoms with van der Waals surface area (Å²) in [5.74, 6) is 0.377. The van der Waals surface area contributed by atoms with Gasteiger partial charge in [-0.2, -0.15) is 5.10 Å². The van der Waals surface area contributed by atoms with Crippen molar-refractivity contribution >= 4 is 33.3 Å². The number of rotatable bonds is 3. The summed E-state index contributed by atoms with van der Waals surface area (Å²) in [7, 11) is -2.01. The molecule has 0 unspecified atom stereocenters. The Morgan fingerprint density at radius 3 is 2.73 bits per heavy atom. The highest BCUT2D eigenvalue weighted by atomic mass is 32.2. The molecule has 2 aromatic heterocycles. The highest BCUT2D eigenvalue weighted by Gasteiger charge is 2.31. The van der Waals surface area contributed by atoms with Gasteiger partial charge in [-0.1, -0.05) is 6.07 Å². The van der Waals surface area contributed by atoms with Crippen molar-refractivity contribution < 1.29 is 17.9 Å². The van der Waals surface area contributed by atoms with E-state index in [1.54, 1.807) is 29.5 Å². The predicted octanol–water partition coefficient (Wildman–Crippen LogP) is 2.58. The first-order valence-electron chi connectivity index (χ1n) is 8.16. The molecule has 3 heterocycles. The zero-order chi connectivity index (χ0) is 19.1. The second kappa shape index (κ2) is 6.58. The summed E-state index contributed by atoms with van der Waals surface area (Å²) in [5, 5.41) is 6.11. The molecule has 0 saturated heterocycles. The summed E-state index contributed by atoms with van der Waals surface area (Å²) in [6.07, 6.45) is 0.127. The summed E-state index contributed by atoms with van der Waals surface area (Å²) in [5.41, 5.74) is 0.900. The van der Waals surface area contributed by atoms with Crippen LogP contribution in [0.15, 0.2) is 21.7 Å². The number of anilines is 1. The van der Waals surface area contributed by atoms with Crippen LogP contribution in [0.5, 0.6) is 0 Å². The number of sulfonamides is 1. The van der Waals surface area contributed by atoms with E-state index < -0.39 is 21.7 Å². The normalized spacial score (nSPS) is 14.8. The van der Waals surface area contributed by atoms with Crippen molar-refractivity contribution in [3.63, 3.8) is 0 Å². The number of hydrogen-bond donors (Lipinski definition) is 1. The third-order valence-electron chi connectivity index (χ3n) is 3.84. The van der Waals surface area contributed by atoms with E-state index >= 15 is 0 Å². The molecule has 1 N–H and O–H groups in total. The van der Waals surface area contributed by atoms with E-state index in [0.29, 0.717) is 24.3 Å². The molecular weight excluding hydrogens is 376 g/mol. The SMILES string of the molecule is Cn1nc2c(c1NS(=O)(=O)c1cccs1)CN(C(=O)OC(C)(C)C)CC2. The molecule has 2 aromatic rings. The third kappa shape index (κ3) is 3.85. The number of nitrogens with one attached hydrogen (secondary N) is 1. The molecule has 8 nitrogen and oxygen atoms in total. The maximum atomic E-state index is 12.6. The molecule has 26 heavy (non-hydrogen) atoms. The van der Waals surface area contributed by atoms with Crippen LogP contribution in [-0.2, 0) is 34.8 Å². The van der Waals surface area contributed by atoms with Crippen LogP contribution in [0.3, 0.4) is 0 Å². The Morgan fingerprint density at radius 2 is 2.12 bits per heavy atom. The van der Waals surface area contributed by atoms with E-state index in [9.17, 15) is 13.2 Å². The number of hydrogen-bond acceptors (Lipinski definition) is 6. The van der Waals surface area contributed by atoms with Gasteiger partial charge in [-0.15, -0.1) is 11.3 Å². The van der Waals surface area contributed by atoms with Crippen LogP contribution in [0.4, 0.5) is 10.6 Å². The highest BCUT2D eigenvalue weighted by Crippen LogP contribution is 2.29. The number of carbonyl (C=O) groups excluding carboxylic acids is 1. The first-order chi connectivity index (χ1) is 12.1. The first-order valence-corrected chi connectivity index (χ1v) is 10.5. The lowest BCUT2D eigenvalue weighted by Gasteiger charge is -2.29. The van der Waals surface area contributed by atoms with E-state index in [2.05, 4.69) is 9.82 Å². The number of carbonyl (C=O) groups is 1. The Labute approximate surface area is 156 Å². The molecule has 3 rings (SSSR count). The van der Waals surface area contributed by atoms with Crippen LogP contribution in [0.2, 0.25) is 0 Å². The van der Waals surface area contributed by atoms with Crippen LogP contribution in [0.1, 0.15) is 32.0 Å². The number of nitrogens with zero attached hydrogens (tertiary/aromatic N) is 3. The van der Waals surface area contributed by atoms with Gasteiger partial charge < -0.3 is 9.64 Å². The summed E-state index contributed by atoms with van der Waals surface area (Å²) in [6.45, 7) is 6.16. The Morgan fingerprint density at radius 1 is 1.38 bits per heavy atom. The van der Waals surface area contributed by atoms with Crippen molar-refractivity contribution in [2.75, 3.05) is 11.3 Å².